The van der Waals surface area contributed by atoms with Crippen LogP contribution in [0.3, 0.4) is 0 Å². The number of alkyl halides is 6. The fourth-order valence-electron chi connectivity index (χ4n) is 6.04. The molecular weight excluding hydrogens is 590 g/mol. The summed E-state index contributed by atoms with van der Waals surface area (Å²) in [4.78, 5) is 17.8. The maximum Gasteiger partial charge on any atom is 0.416 e. The Bertz CT molecular complexity index is 1470. The van der Waals surface area contributed by atoms with Gasteiger partial charge in [0.05, 0.1) is 29.9 Å². The van der Waals surface area contributed by atoms with Gasteiger partial charge in [-0.15, -0.1) is 5.10 Å². The molecule has 5 rings (SSSR count). The Kier molecular flexibility index (Phi) is 8.81. The zero-order chi connectivity index (χ0) is 31.8. The third-order valence-corrected chi connectivity index (χ3v) is 8.28. The number of benzene rings is 2. The number of rotatable bonds is 7. The van der Waals surface area contributed by atoms with Gasteiger partial charge in [-0.1, -0.05) is 25.0 Å². The number of ether oxygens (including phenoxy) is 1. The van der Waals surface area contributed by atoms with Crippen molar-refractivity contribution in [2.45, 2.75) is 89.8 Å². The van der Waals surface area contributed by atoms with E-state index in [-0.39, 0.29) is 30.2 Å². The second-order valence-corrected chi connectivity index (χ2v) is 11.3. The van der Waals surface area contributed by atoms with Crippen LogP contribution in [-0.2, 0) is 43.5 Å². The Balaban J connectivity index is 1.62. The molecule has 0 saturated heterocycles. The SMILES string of the molecule is CCC(CC)OC(=O)N1CCCC(N(Cc2cc(C(F)(F)F)cc(C(F)(F)F)c2)c2nnn(C)n2)c2cc3c(cc21)CCC3. The highest BCUT2D eigenvalue weighted by Crippen LogP contribution is 2.43. The number of hydrogen-bond donors (Lipinski definition) is 0. The van der Waals surface area contributed by atoms with Crippen molar-refractivity contribution < 1.29 is 35.9 Å². The minimum atomic E-state index is -4.99. The van der Waals surface area contributed by atoms with Gasteiger partial charge in [0.25, 0.3) is 5.95 Å². The van der Waals surface area contributed by atoms with Crippen molar-refractivity contribution in [1.82, 2.24) is 20.2 Å². The van der Waals surface area contributed by atoms with E-state index in [1.54, 1.807) is 9.80 Å². The van der Waals surface area contributed by atoms with E-state index in [4.69, 9.17) is 4.74 Å². The van der Waals surface area contributed by atoms with Crippen LogP contribution in [0.1, 0.15) is 85.4 Å². The van der Waals surface area contributed by atoms with Crippen molar-refractivity contribution in [2.75, 3.05) is 16.3 Å². The molecule has 1 atom stereocenters. The van der Waals surface area contributed by atoms with Crippen LogP contribution < -0.4 is 9.80 Å². The van der Waals surface area contributed by atoms with Gasteiger partial charge in [-0.2, -0.15) is 31.1 Å². The number of carbonyl (C=O) groups is 1. The van der Waals surface area contributed by atoms with Crippen molar-refractivity contribution in [3.8, 4) is 0 Å². The molecule has 0 bridgehead atoms. The second kappa shape index (κ2) is 12.3. The highest BCUT2D eigenvalue weighted by atomic mass is 19.4. The van der Waals surface area contributed by atoms with Crippen molar-refractivity contribution in [3.63, 3.8) is 0 Å². The lowest BCUT2D eigenvalue weighted by molar-refractivity contribution is -0.143. The van der Waals surface area contributed by atoms with Crippen LogP contribution >= 0.6 is 0 Å². The fourth-order valence-corrected chi connectivity index (χ4v) is 6.04. The Morgan fingerprint density at radius 1 is 0.977 bits per heavy atom. The van der Waals surface area contributed by atoms with Crippen LogP contribution in [0.2, 0.25) is 0 Å². The Morgan fingerprint density at radius 2 is 1.61 bits per heavy atom. The Hall–Kier alpha value is -3.84. The molecule has 2 heterocycles. The summed E-state index contributed by atoms with van der Waals surface area (Å²) in [5.74, 6) is 0.0444. The second-order valence-electron chi connectivity index (χ2n) is 11.3. The molecule has 14 heteroatoms. The summed E-state index contributed by atoms with van der Waals surface area (Å²) in [5.41, 5.74) is 0.498. The Labute approximate surface area is 251 Å². The summed E-state index contributed by atoms with van der Waals surface area (Å²) in [6, 6.07) is 4.94. The van der Waals surface area contributed by atoms with Gasteiger partial charge in [-0.05, 0) is 96.7 Å². The van der Waals surface area contributed by atoms with E-state index >= 15 is 0 Å². The lowest BCUT2D eigenvalue weighted by Gasteiger charge is -2.33. The molecule has 238 valence electrons. The summed E-state index contributed by atoms with van der Waals surface area (Å²) < 4.78 is 88.2. The van der Waals surface area contributed by atoms with E-state index in [1.807, 2.05) is 26.0 Å². The summed E-state index contributed by atoms with van der Waals surface area (Å²) in [6.07, 6.45) is -5.94. The molecule has 0 fully saturated rings. The number of aryl methyl sites for hydroxylation is 3. The predicted octanol–water partition coefficient (Wildman–Crippen LogP) is 7.41. The lowest BCUT2D eigenvalue weighted by Crippen LogP contribution is -2.35. The van der Waals surface area contributed by atoms with E-state index in [0.717, 1.165) is 42.5 Å². The maximum atomic E-state index is 13.7. The number of tetrazole rings is 1. The van der Waals surface area contributed by atoms with Crippen LogP contribution in [0.15, 0.2) is 30.3 Å². The van der Waals surface area contributed by atoms with Crippen molar-refractivity contribution in [2.24, 2.45) is 7.05 Å². The van der Waals surface area contributed by atoms with Gasteiger partial charge in [0.2, 0.25) is 0 Å². The molecule has 0 N–H and O–H groups in total. The number of halogens is 6. The molecule has 1 unspecified atom stereocenters. The standard InChI is InChI=1S/C30H34F6N6O2/c1-4-23(5-2)44-28(43)41-11-7-10-25(24-14-19-8-6-9-20(19)15-26(24)41)42(27-37-39-40(3)38-27)17-18-12-21(29(31,32)33)16-22(13-18)30(34,35)36/h12-16,23,25H,4-11,17H2,1-3H3. The van der Waals surface area contributed by atoms with Crippen LogP contribution in [0.4, 0.5) is 42.8 Å². The average Bonchev–Trinajstić information content (AvgIpc) is 3.57. The molecule has 8 nitrogen and oxygen atoms in total. The van der Waals surface area contributed by atoms with Gasteiger partial charge >= 0.3 is 18.4 Å². The maximum absolute atomic E-state index is 13.7. The average molecular weight is 625 g/mol. The number of amides is 1. The summed E-state index contributed by atoms with van der Waals surface area (Å²) in [7, 11) is 1.52. The zero-order valence-electron chi connectivity index (χ0n) is 24.7. The number of hydrogen-bond acceptors (Lipinski definition) is 6. The first kappa shape index (κ1) is 31.6. The summed E-state index contributed by atoms with van der Waals surface area (Å²) in [5, 5.41) is 12.3. The third-order valence-electron chi connectivity index (χ3n) is 8.28. The van der Waals surface area contributed by atoms with E-state index in [2.05, 4.69) is 15.4 Å². The highest BCUT2D eigenvalue weighted by molar-refractivity contribution is 5.89. The van der Waals surface area contributed by atoms with E-state index in [1.165, 1.54) is 11.8 Å². The molecule has 1 aromatic heterocycles. The third kappa shape index (κ3) is 6.63. The molecule has 0 radical (unpaired) electrons. The number of carbonyl (C=O) groups excluding carboxylic acids is 1. The topological polar surface area (TPSA) is 76.4 Å². The fraction of sp³-hybridized carbons (Fsp3) is 0.533. The summed E-state index contributed by atoms with van der Waals surface area (Å²) >= 11 is 0. The molecule has 0 saturated carbocycles. The van der Waals surface area contributed by atoms with Gasteiger partial charge in [0, 0.05) is 13.1 Å². The molecular formula is C30H34F6N6O2. The van der Waals surface area contributed by atoms with Gasteiger partial charge in [0.1, 0.15) is 6.10 Å². The van der Waals surface area contributed by atoms with Crippen LogP contribution in [0.5, 0.6) is 0 Å². The van der Waals surface area contributed by atoms with E-state index in [0.29, 0.717) is 43.5 Å². The highest BCUT2D eigenvalue weighted by Gasteiger charge is 2.39. The first-order valence-electron chi connectivity index (χ1n) is 14.7. The van der Waals surface area contributed by atoms with Gasteiger partial charge in [0.15, 0.2) is 0 Å². The molecule has 1 amide bonds. The largest absolute Gasteiger partial charge is 0.446 e. The molecule has 44 heavy (non-hydrogen) atoms. The number of nitrogens with zero attached hydrogens (tertiary/aromatic N) is 6. The van der Waals surface area contributed by atoms with E-state index < -0.39 is 35.6 Å². The predicted molar refractivity (Wildman–Crippen MR) is 150 cm³/mol. The van der Waals surface area contributed by atoms with Crippen molar-refractivity contribution >= 4 is 17.7 Å². The van der Waals surface area contributed by atoms with Crippen LogP contribution in [-0.4, -0.2) is 38.9 Å². The lowest BCUT2D eigenvalue weighted by atomic mass is 9.95. The van der Waals surface area contributed by atoms with Gasteiger partial charge < -0.3 is 9.64 Å². The smallest absolute Gasteiger partial charge is 0.416 e. The first-order chi connectivity index (χ1) is 20.8. The zero-order valence-corrected chi connectivity index (χ0v) is 24.7. The molecule has 0 spiro atoms. The molecule has 3 aromatic rings. The van der Waals surface area contributed by atoms with Crippen LogP contribution in [0.25, 0.3) is 0 Å². The quantitative estimate of drug-likeness (QED) is 0.255. The monoisotopic (exact) mass is 624 g/mol. The number of aromatic nitrogens is 4. The van der Waals surface area contributed by atoms with Gasteiger partial charge in [-0.25, -0.2) is 4.79 Å². The minimum absolute atomic E-state index is 0.0444. The molecule has 2 aliphatic rings. The number of fused-ring (bicyclic) bond motifs is 2. The normalized spacial score (nSPS) is 17.0. The first-order valence-corrected chi connectivity index (χ1v) is 14.7. The minimum Gasteiger partial charge on any atom is -0.446 e. The van der Waals surface area contributed by atoms with E-state index in [9.17, 15) is 31.1 Å². The van der Waals surface area contributed by atoms with Gasteiger partial charge in [-0.3, -0.25) is 4.90 Å². The summed E-state index contributed by atoms with van der Waals surface area (Å²) in [6.45, 7) is 3.83. The van der Waals surface area contributed by atoms with Crippen molar-refractivity contribution in [3.05, 3.63) is 63.7 Å². The molecule has 2 aromatic carbocycles. The Morgan fingerprint density at radius 3 is 2.18 bits per heavy atom. The van der Waals surface area contributed by atoms with Crippen molar-refractivity contribution in [1.29, 1.82) is 0 Å². The van der Waals surface area contributed by atoms with Crippen LogP contribution in [0, 0.1) is 0 Å². The molecule has 1 aliphatic heterocycles. The molecule has 1 aliphatic carbocycles. The number of anilines is 2.